The Hall–Kier alpha value is -1.97. The van der Waals surface area contributed by atoms with Crippen LogP contribution >= 0.6 is 24.0 Å². The molecule has 0 aliphatic carbocycles. The van der Waals surface area contributed by atoms with Gasteiger partial charge in [0, 0.05) is 19.7 Å². The first-order valence-electron chi connectivity index (χ1n) is 8.40. The van der Waals surface area contributed by atoms with Crippen molar-refractivity contribution in [3.05, 3.63) is 41.8 Å². The molecule has 0 atom stereocenters. The fourth-order valence-corrected chi connectivity index (χ4v) is 2.37. The molecular weight excluding hydrogens is 447 g/mol. The molecule has 0 amide bonds. The average Bonchev–Trinajstić information content (AvgIpc) is 3.15. The van der Waals surface area contributed by atoms with Crippen LogP contribution in [-0.4, -0.2) is 38.4 Å². The third-order valence-corrected chi connectivity index (χ3v) is 3.61. The van der Waals surface area contributed by atoms with Gasteiger partial charge >= 0.3 is 0 Å². The van der Waals surface area contributed by atoms with Gasteiger partial charge in [-0.15, -0.1) is 24.0 Å². The van der Waals surface area contributed by atoms with Gasteiger partial charge in [0.25, 0.3) is 0 Å². The number of nitrogens with zero attached hydrogens (tertiary/aromatic N) is 2. The normalized spacial score (nSPS) is 10.8. The van der Waals surface area contributed by atoms with E-state index >= 15 is 0 Å². The Bertz CT molecular complexity index is 662. The zero-order valence-electron chi connectivity index (χ0n) is 15.4. The van der Waals surface area contributed by atoms with Gasteiger partial charge in [-0.1, -0.05) is 11.2 Å². The minimum Gasteiger partial charge on any atom is -0.493 e. The fourth-order valence-electron chi connectivity index (χ4n) is 2.37. The lowest BCUT2D eigenvalue weighted by Gasteiger charge is -2.12. The van der Waals surface area contributed by atoms with Crippen molar-refractivity contribution in [1.29, 1.82) is 0 Å². The summed E-state index contributed by atoms with van der Waals surface area (Å²) in [6.07, 6.45) is 3.47. The highest BCUT2D eigenvalue weighted by Crippen LogP contribution is 2.28. The van der Waals surface area contributed by atoms with Gasteiger partial charge in [0.05, 0.1) is 20.3 Å². The van der Waals surface area contributed by atoms with Gasteiger partial charge in [-0.25, -0.2) is 0 Å². The van der Waals surface area contributed by atoms with Gasteiger partial charge < -0.3 is 24.6 Å². The molecule has 1 aromatic heterocycles. The monoisotopic (exact) mass is 474 g/mol. The first kappa shape index (κ1) is 22.1. The molecule has 0 fully saturated rings. The Kier molecular flexibility index (Phi) is 10.5. The predicted octanol–water partition coefficient (Wildman–Crippen LogP) is 3.00. The third-order valence-electron chi connectivity index (χ3n) is 3.61. The minimum atomic E-state index is 0. The maximum atomic E-state index is 5.61. The van der Waals surface area contributed by atoms with Gasteiger partial charge in [-0.05, 0) is 37.5 Å². The number of rotatable bonds is 9. The zero-order chi connectivity index (χ0) is 17.9. The summed E-state index contributed by atoms with van der Waals surface area (Å²) in [5.74, 6) is 2.30. The lowest BCUT2D eigenvalue weighted by atomic mass is 10.1. The van der Waals surface area contributed by atoms with Crippen LogP contribution in [0.2, 0.25) is 0 Å². The number of ether oxygens (including phenoxy) is 2. The van der Waals surface area contributed by atoms with E-state index < -0.39 is 0 Å². The summed E-state index contributed by atoms with van der Waals surface area (Å²) < 4.78 is 15.7. The molecule has 0 bridgehead atoms. The molecule has 1 heterocycles. The van der Waals surface area contributed by atoms with E-state index in [9.17, 15) is 0 Å². The Morgan fingerprint density at radius 3 is 2.73 bits per heavy atom. The summed E-state index contributed by atoms with van der Waals surface area (Å²) in [6, 6.07) is 7.88. The van der Waals surface area contributed by atoms with Crippen LogP contribution in [0.3, 0.4) is 0 Å². The molecule has 2 N–H and O–H groups in total. The maximum Gasteiger partial charge on any atom is 0.191 e. The number of hydrogen-bond acceptors (Lipinski definition) is 5. The third kappa shape index (κ3) is 7.11. The maximum absolute atomic E-state index is 5.61. The average molecular weight is 474 g/mol. The second kappa shape index (κ2) is 12.4. The first-order valence-corrected chi connectivity index (χ1v) is 8.40. The largest absolute Gasteiger partial charge is 0.493 e. The van der Waals surface area contributed by atoms with Crippen molar-refractivity contribution in [2.75, 3.05) is 27.3 Å². The standard InChI is InChI=1S/C18H26N4O3.HI/c1-4-24-17-12-14(7-8-16(17)23-3)6-5-10-20-18(19-2)21-13-15-9-11-25-22-15;/h7-9,11-12H,4-6,10,13H2,1-3H3,(H2,19,20,21);1H. The number of methoxy groups -OCH3 is 1. The Morgan fingerprint density at radius 2 is 2.08 bits per heavy atom. The van der Waals surface area contributed by atoms with Crippen LogP contribution in [-0.2, 0) is 13.0 Å². The number of aryl methyl sites for hydroxylation is 1. The van der Waals surface area contributed by atoms with E-state index in [1.165, 1.54) is 5.56 Å². The summed E-state index contributed by atoms with van der Waals surface area (Å²) in [4.78, 5) is 4.19. The lowest BCUT2D eigenvalue weighted by Crippen LogP contribution is -2.37. The van der Waals surface area contributed by atoms with Gasteiger partial charge in [0.2, 0.25) is 0 Å². The Labute approximate surface area is 171 Å². The Morgan fingerprint density at radius 1 is 1.23 bits per heavy atom. The summed E-state index contributed by atoms with van der Waals surface area (Å²) in [6.45, 7) is 3.98. The number of hydrogen-bond donors (Lipinski definition) is 2. The quantitative estimate of drug-likeness (QED) is 0.252. The van der Waals surface area contributed by atoms with E-state index in [0.29, 0.717) is 13.2 Å². The van der Waals surface area contributed by atoms with Crippen molar-refractivity contribution in [1.82, 2.24) is 15.8 Å². The van der Waals surface area contributed by atoms with Crippen molar-refractivity contribution >= 4 is 29.9 Å². The van der Waals surface area contributed by atoms with Crippen molar-refractivity contribution in [3.63, 3.8) is 0 Å². The highest BCUT2D eigenvalue weighted by Gasteiger charge is 2.05. The molecule has 7 nitrogen and oxygen atoms in total. The summed E-state index contributed by atoms with van der Waals surface area (Å²) in [5.41, 5.74) is 2.06. The Balaban J connectivity index is 0.00000338. The molecule has 2 aromatic rings. The van der Waals surface area contributed by atoms with E-state index in [2.05, 4.69) is 26.8 Å². The molecule has 8 heteroatoms. The molecule has 0 saturated carbocycles. The summed E-state index contributed by atoms with van der Waals surface area (Å²) in [7, 11) is 3.40. The number of nitrogens with one attached hydrogen (secondary N) is 2. The van der Waals surface area contributed by atoms with E-state index in [1.807, 2.05) is 25.1 Å². The smallest absolute Gasteiger partial charge is 0.191 e. The van der Waals surface area contributed by atoms with Crippen molar-refractivity contribution in [2.24, 2.45) is 4.99 Å². The molecule has 2 rings (SSSR count). The van der Waals surface area contributed by atoms with Crippen LogP contribution in [0.1, 0.15) is 24.6 Å². The first-order chi connectivity index (χ1) is 12.3. The van der Waals surface area contributed by atoms with E-state index in [4.69, 9.17) is 14.0 Å². The van der Waals surface area contributed by atoms with Crippen LogP contribution in [0.4, 0.5) is 0 Å². The SMILES string of the molecule is CCOc1cc(CCCNC(=NC)NCc2ccon2)ccc1OC.I. The highest BCUT2D eigenvalue weighted by molar-refractivity contribution is 14.0. The second-order valence-electron chi connectivity index (χ2n) is 5.37. The highest BCUT2D eigenvalue weighted by atomic mass is 127. The van der Waals surface area contributed by atoms with Gasteiger partial charge in [-0.3, -0.25) is 4.99 Å². The predicted molar refractivity (Wildman–Crippen MR) is 113 cm³/mol. The van der Waals surface area contributed by atoms with Crippen molar-refractivity contribution in [3.8, 4) is 11.5 Å². The molecule has 0 aliphatic rings. The van der Waals surface area contributed by atoms with Crippen LogP contribution < -0.4 is 20.1 Å². The van der Waals surface area contributed by atoms with Crippen LogP contribution in [0, 0.1) is 0 Å². The topological polar surface area (TPSA) is 80.9 Å². The number of aromatic nitrogens is 1. The molecular formula is C18H27IN4O3. The van der Waals surface area contributed by atoms with Crippen molar-refractivity contribution < 1.29 is 14.0 Å². The van der Waals surface area contributed by atoms with E-state index in [0.717, 1.165) is 42.5 Å². The van der Waals surface area contributed by atoms with Gasteiger partial charge in [0.1, 0.15) is 12.0 Å². The number of halogens is 1. The molecule has 0 unspecified atom stereocenters. The molecule has 0 aliphatic heterocycles. The van der Waals surface area contributed by atoms with Crippen LogP contribution in [0.15, 0.2) is 40.0 Å². The number of guanidine groups is 1. The van der Waals surface area contributed by atoms with Crippen LogP contribution in [0.5, 0.6) is 11.5 Å². The van der Waals surface area contributed by atoms with Gasteiger partial charge in [0.15, 0.2) is 17.5 Å². The molecule has 0 saturated heterocycles. The number of aliphatic imine (C=N–C) groups is 1. The molecule has 1 aromatic carbocycles. The van der Waals surface area contributed by atoms with E-state index in [-0.39, 0.29) is 24.0 Å². The molecule has 0 spiro atoms. The fraction of sp³-hybridized carbons (Fsp3) is 0.444. The molecule has 144 valence electrons. The second-order valence-corrected chi connectivity index (χ2v) is 5.37. The number of benzene rings is 1. The lowest BCUT2D eigenvalue weighted by molar-refractivity contribution is 0.310. The van der Waals surface area contributed by atoms with Crippen LogP contribution in [0.25, 0.3) is 0 Å². The molecule has 26 heavy (non-hydrogen) atoms. The summed E-state index contributed by atoms with van der Waals surface area (Å²) >= 11 is 0. The zero-order valence-corrected chi connectivity index (χ0v) is 17.8. The van der Waals surface area contributed by atoms with Gasteiger partial charge in [-0.2, -0.15) is 0 Å². The molecule has 0 radical (unpaired) electrons. The minimum absolute atomic E-state index is 0. The van der Waals surface area contributed by atoms with Crippen molar-refractivity contribution in [2.45, 2.75) is 26.3 Å². The summed E-state index contributed by atoms with van der Waals surface area (Å²) in [5, 5.41) is 10.3. The van der Waals surface area contributed by atoms with E-state index in [1.54, 1.807) is 20.4 Å².